The molecule has 0 aliphatic carbocycles. The fraction of sp³-hybridized carbons (Fsp3) is 0.400. The van der Waals surface area contributed by atoms with Crippen LogP contribution in [0.3, 0.4) is 0 Å². The summed E-state index contributed by atoms with van der Waals surface area (Å²) >= 11 is 0. The van der Waals surface area contributed by atoms with Crippen molar-refractivity contribution in [2.45, 2.75) is 59.0 Å². The van der Waals surface area contributed by atoms with Crippen molar-refractivity contribution in [1.82, 2.24) is 30.1 Å². The fourth-order valence-corrected chi connectivity index (χ4v) is 4.39. The summed E-state index contributed by atoms with van der Waals surface area (Å²) in [6.07, 6.45) is 3.47. The van der Waals surface area contributed by atoms with Gasteiger partial charge >= 0.3 is 0 Å². The number of aromatic amines is 1. The molecule has 168 valence electrons. The van der Waals surface area contributed by atoms with Crippen LogP contribution >= 0.6 is 0 Å². The maximum Gasteiger partial charge on any atom is 0.197 e. The first-order valence-corrected chi connectivity index (χ1v) is 11.1. The van der Waals surface area contributed by atoms with Crippen molar-refractivity contribution < 1.29 is 4.74 Å². The summed E-state index contributed by atoms with van der Waals surface area (Å²) < 4.78 is 7.27. The maximum atomic E-state index is 5.54. The number of hydrogen-bond acceptors (Lipinski definition) is 5. The molecule has 3 aromatic heterocycles. The van der Waals surface area contributed by atoms with Crippen LogP contribution in [0.4, 0.5) is 0 Å². The van der Waals surface area contributed by atoms with Gasteiger partial charge in [-0.05, 0) is 37.0 Å². The van der Waals surface area contributed by atoms with Gasteiger partial charge in [-0.2, -0.15) is 10.2 Å². The van der Waals surface area contributed by atoms with Crippen LogP contribution in [0, 0.1) is 0 Å². The summed E-state index contributed by atoms with van der Waals surface area (Å²) in [4.78, 5) is 4.27. The van der Waals surface area contributed by atoms with E-state index in [0.29, 0.717) is 17.4 Å². The van der Waals surface area contributed by atoms with Gasteiger partial charge in [0.25, 0.3) is 0 Å². The van der Waals surface area contributed by atoms with E-state index in [2.05, 4.69) is 86.3 Å². The third-order valence-electron chi connectivity index (χ3n) is 5.76. The predicted octanol–water partition coefficient (Wildman–Crippen LogP) is 5.15. The van der Waals surface area contributed by atoms with E-state index in [1.54, 1.807) is 11.6 Å². The number of nitrogens with one attached hydrogen (secondary N) is 2. The lowest BCUT2D eigenvalue weighted by atomic mass is 9.90. The van der Waals surface area contributed by atoms with Crippen LogP contribution < -0.4 is 10.1 Å². The van der Waals surface area contributed by atoms with Crippen molar-refractivity contribution >= 4 is 5.65 Å². The predicted molar refractivity (Wildman–Crippen MR) is 128 cm³/mol. The summed E-state index contributed by atoms with van der Waals surface area (Å²) in [5, 5.41) is 15.9. The molecule has 0 fully saturated rings. The van der Waals surface area contributed by atoms with Gasteiger partial charge in [0.1, 0.15) is 6.33 Å². The smallest absolute Gasteiger partial charge is 0.197 e. The normalized spacial score (nSPS) is 12.3. The zero-order valence-electron chi connectivity index (χ0n) is 19.9. The number of methoxy groups -OCH3 is 1. The molecule has 0 spiro atoms. The van der Waals surface area contributed by atoms with Crippen molar-refractivity contribution in [1.29, 1.82) is 0 Å². The number of H-pyrrole nitrogens is 1. The molecule has 7 nitrogen and oxygen atoms in total. The van der Waals surface area contributed by atoms with Crippen LogP contribution in [0.15, 0.2) is 42.9 Å². The zero-order valence-corrected chi connectivity index (χ0v) is 19.9. The molecule has 4 rings (SSSR count). The minimum absolute atomic E-state index is 0.101. The molecule has 0 atom stereocenters. The van der Waals surface area contributed by atoms with Gasteiger partial charge < -0.3 is 10.1 Å². The standard InChI is InChI=1S/C25H32N6O/c1-15(2)21-22(17-8-10-19(11-9-17)25(5,6)28-16(3)4)29-30-23(21)18-12-20(32-7)24-26-14-27-31(24)13-18/h8-16,28H,1-7H3,(H,29,30). The first-order chi connectivity index (χ1) is 15.2. The highest BCUT2D eigenvalue weighted by Crippen LogP contribution is 2.37. The monoisotopic (exact) mass is 432 g/mol. The number of pyridine rings is 1. The number of hydrogen-bond donors (Lipinski definition) is 2. The Hall–Kier alpha value is -3.19. The Morgan fingerprint density at radius 2 is 1.78 bits per heavy atom. The Bertz CT molecular complexity index is 1220. The van der Waals surface area contributed by atoms with Gasteiger partial charge in [-0.3, -0.25) is 5.10 Å². The van der Waals surface area contributed by atoms with Crippen LogP contribution in [0.25, 0.3) is 28.2 Å². The lowest BCUT2D eigenvalue weighted by molar-refractivity contribution is 0.366. The highest BCUT2D eigenvalue weighted by atomic mass is 16.5. The van der Waals surface area contributed by atoms with Crippen LogP contribution in [0.2, 0.25) is 0 Å². The van der Waals surface area contributed by atoms with Gasteiger partial charge in [0.15, 0.2) is 11.4 Å². The zero-order chi connectivity index (χ0) is 23.0. The molecule has 32 heavy (non-hydrogen) atoms. The van der Waals surface area contributed by atoms with E-state index in [0.717, 1.165) is 22.5 Å². The Morgan fingerprint density at radius 3 is 2.41 bits per heavy atom. The van der Waals surface area contributed by atoms with Crippen molar-refractivity contribution in [3.8, 4) is 28.3 Å². The lowest BCUT2D eigenvalue weighted by Gasteiger charge is -2.29. The Balaban J connectivity index is 1.77. The molecule has 0 radical (unpaired) electrons. The number of benzene rings is 1. The molecule has 0 aliphatic rings. The second-order valence-electron chi connectivity index (χ2n) is 9.34. The largest absolute Gasteiger partial charge is 0.493 e. The average molecular weight is 433 g/mol. The molecule has 4 aromatic rings. The summed E-state index contributed by atoms with van der Waals surface area (Å²) in [5.41, 5.74) is 6.99. The third kappa shape index (κ3) is 4.00. The molecule has 1 aromatic carbocycles. The fourth-order valence-electron chi connectivity index (χ4n) is 4.39. The lowest BCUT2D eigenvalue weighted by Crippen LogP contribution is -2.40. The Kier molecular flexibility index (Phi) is 5.77. The summed E-state index contributed by atoms with van der Waals surface area (Å²) in [7, 11) is 1.64. The molecular formula is C25H32N6O. The van der Waals surface area contributed by atoms with E-state index in [9.17, 15) is 0 Å². The second kappa shape index (κ2) is 8.39. The molecular weight excluding hydrogens is 400 g/mol. The molecule has 0 saturated heterocycles. The molecule has 0 saturated carbocycles. The molecule has 2 N–H and O–H groups in total. The van der Waals surface area contributed by atoms with Crippen molar-refractivity contribution in [2.24, 2.45) is 0 Å². The van der Waals surface area contributed by atoms with E-state index < -0.39 is 0 Å². The van der Waals surface area contributed by atoms with E-state index in [1.165, 1.54) is 17.5 Å². The summed E-state index contributed by atoms with van der Waals surface area (Å²) in [5.74, 6) is 0.943. The van der Waals surface area contributed by atoms with E-state index in [4.69, 9.17) is 9.84 Å². The van der Waals surface area contributed by atoms with Gasteiger partial charge in [-0.15, -0.1) is 0 Å². The van der Waals surface area contributed by atoms with Crippen LogP contribution in [-0.2, 0) is 5.54 Å². The second-order valence-corrected chi connectivity index (χ2v) is 9.34. The van der Waals surface area contributed by atoms with Crippen molar-refractivity contribution in [3.63, 3.8) is 0 Å². The number of nitrogens with zero attached hydrogens (tertiary/aromatic N) is 4. The molecule has 0 unspecified atom stereocenters. The Morgan fingerprint density at radius 1 is 1.06 bits per heavy atom. The van der Waals surface area contributed by atoms with Gasteiger partial charge in [0, 0.05) is 28.9 Å². The van der Waals surface area contributed by atoms with E-state index in [1.807, 2.05) is 12.3 Å². The number of aromatic nitrogens is 5. The quantitative estimate of drug-likeness (QED) is 0.422. The number of ether oxygens (including phenoxy) is 1. The van der Waals surface area contributed by atoms with Gasteiger partial charge in [0.05, 0.1) is 18.5 Å². The summed E-state index contributed by atoms with van der Waals surface area (Å²) in [6.45, 7) is 13.1. The van der Waals surface area contributed by atoms with Crippen molar-refractivity contribution in [3.05, 3.63) is 54.0 Å². The average Bonchev–Trinajstić information content (AvgIpc) is 3.39. The first kappa shape index (κ1) is 22.0. The van der Waals surface area contributed by atoms with Crippen molar-refractivity contribution in [2.75, 3.05) is 7.11 Å². The minimum atomic E-state index is -0.101. The SMILES string of the molecule is COc1cc(-c2n[nH]c(-c3ccc(C(C)(C)NC(C)C)cc3)c2C(C)C)cn2ncnc12. The molecule has 0 bridgehead atoms. The van der Waals surface area contributed by atoms with E-state index >= 15 is 0 Å². The molecule has 3 heterocycles. The first-order valence-electron chi connectivity index (χ1n) is 11.1. The molecule has 0 aliphatic heterocycles. The van der Waals surface area contributed by atoms with Gasteiger partial charge in [-0.25, -0.2) is 9.50 Å². The number of fused-ring (bicyclic) bond motifs is 1. The third-order valence-corrected chi connectivity index (χ3v) is 5.76. The summed E-state index contributed by atoms with van der Waals surface area (Å²) in [6, 6.07) is 11.1. The van der Waals surface area contributed by atoms with Crippen LogP contribution in [0.1, 0.15) is 58.6 Å². The Labute approximate surface area is 189 Å². The van der Waals surface area contributed by atoms with E-state index in [-0.39, 0.29) is 11.5 Å². The molecule has 7 heteroatoms. The molecule has 0 amide bonds. The van der Waals surface area contributed by atoms with Crippen LogP contribution in [-0.4, -0.2) is 37.9 Å². The van der Waals surface area contributed by atoms with Gasteiger partial charge in [0.2, 0.25) is 0 Å². The number of rotatable bonds is 7. The highest BCUT2D eigenvalue weighted by molar-refractivity contribution is 5.76. The van der Waals surface area contributed by atoms with Crippen LogP contribution in [0.5, 0.6) is 5.75 Å². The van der Waals surface area contributed by atoms with Gasteiger partial charge in [-0.1, -0.05) is 52.0 Å². The maximum absolute atomic E-state index is 5.54. The highest BCUT2D eigenvalue weighted by Gasteiger charge is 2.23. The minimum Gasteiger partial charge on any atom is -0.493 e. The topological polar surface area (TPSA) is 80.1 Å².